The maximum atomic E-state index is 12.9. The molecule has 1 aromatic rings. The van der Waals surface area contributed by atoms with E-state index < -0.39 is 0 Å². The molecule has 2 heteroatoms. The lowest BCUT2D eigenvalue weighted by molar-refractivity contribution is 0.600. The predicted octanol–water partition coefficient (Wildman–Crippen LogP) is 2.41. The number of hydrogen-bond acceptors (Lipinski definition) is 0. The first-order valence-electron chi connectivity index (χ1n) is 3.58. The standard InChI is InChI=1S/C8H12FN/c1-3-4-7-8(9)6(2)5-10-7/h5,10H,3-4H2,1-2H3. The van der Waals surface area contributed by atoms with E-state index in [2.05, 4.69) is 4.98 Å². The van der Waals surface area contributed by atoms with Gasteiger partial charge in [-0.15, -0.1) is 0 Å². The number of rotatable bonds is 2. The number of aromatic nitrogens is 1. The topological polar surface area (TPSA) is 15.8 Å². The van der Waals surface area contributed by atoms with Gasteiger partial charge in [0.15, 0.2) is 0 Å². The summed E-state index contributed by atoms with van der Waals surface area (Å²) < 4.78 is 12.9. The van der Waals surface area contributed by atoms with Gasteiger partial charge in [-0.25, -0.2) is 4.39 Å². The Balaban J connectivity index is 2.83. The summed E-state index contributed by atoms with van der Waals surface area (Å²) in [5, 5.41) is 0. The zero-order chi connectivity index (χ0) is 7.56. The van der Waals surface area contributed by atoms with Crippen LogP contribution in [0.4, 0.5) is 4.39 Å². The molecule has 0 saturated carbocycles. The maximum Gasteiger partial charge on any atom is 0.146 e. The van der Waals surface area contributed by atoms with E-state index >= 15 is 0 Å². The van der Waals surface area contributed by atoms with Gasteiger partial charge in [-0.05, 0) is 13.3 Å². The molecule has 0 aromatic carbocycles. The van der Waals surface area contributed by atoms with Crippen molar-refractivity contribution in [1.82, 2.24) is 4.98 Å². The van der Waals surface area contributed by atoms with E-state index in [4.69, 9.17) is 0 Å². The van der Waals surface area contributed by atoms with Crippen LogP contribution in [-0.2, 0) is 6.42 Å². The second-order valence-electron chi connectivity index (χ2n) is 2.51. The van der Waals surface area contributed by atoms with Crippen LogP contribution in [0.25, 0.3) is 0 Å². The zero-order valence-corrected chi connectivity index (χ0v) is 6.37. The van der Waals surface area contributed by atoms with Gasteiger partial charge in [0, 0.05) is 11.8 Å². The quantitative estimate of drug-likeness (QED) is 0.651. The molecule has 1 rings (SSSR count). The largest absolute Gasteiger partial charge is 0.362 e. The van der Waals surface area contributed by atoms with Gasteiger partial charge in [0.2, 0.25) is 0 Å². The molecule has 0 atom stereocenters. The average molecular weight is 141 g/mol. The lowest BCUT2D eigenvalue weighted by Gasteiger charge is -1.92. The maximum absolute atomic E-state index is 12.9. The van der Waals surface area contributed by atoms with Gasteiger partial charge < -0.3 is 4.98 Å². The van der Waals surface area contributed by atoms with Crippen LogP contribution in [0, 0.1) is 12.7 Å². The van der Waals surface area contributed by atoms with E-state index in [1.165, 1.54) is 0 Å². The molecule has 0 radical (unpaired) electrons. The minimum atomic E-state index is -0.0677. The van der Waals surface area contributed by atoms with Gasteiger partial charge in [0.25, 0.3) is 0 Å². The summed E-state index contributed by atoms with van der Waals surface area (Å²) in [7, 11) is 0. The van der Waals surface area contributed by atoms with Crippen molar-refractivity contribution >= 4 is 0 Å². The smallest absolute Gasteiger partial charge is 0.146 e. The first kappa shape index (κ1) is 7.32. The molecule has 56 valence electrons. The highest BCUT2D eigenvalue weighted by Gasteiger charge is 2.04. The van der Waals surface area contributed by atoms with Crippen LogP contribution in [0.2, 0.25) is 0 Å². The minimum Gasteiger partial charge on any atom is -0.362 e. The number of aromatic amines is 1. The SMILES string of the molecule is CCCc1[nH]cc(C)c1F. The number of H-pyrrole nitrogens is 1. The van der Waals surface area contributed by atoms with Crippen LogP contribution in [0.1, 0.15) is 24.6 Å². The fourth-order valence-corrected chi connectivity index (χ4v) is 0.992. The van der Waals surface area contributed by atoms with Crippen LogP contribution >= 0.6 is 0 Å². The van der Waals surface area contributed by atoms with Gasteiger partial charge >= 0.3 is 0 Å². The number of hydrogen-bond donors (Lipinski definition) is 1. The van der Waals surface area contributed by atoms with Crippen molar-refractivity contribution in [2.24, 2.45) is 0 Å². The third-order valence-electron chi connectivity index (χ3n) is 1.57. The monoisotopic (exact) mass is 141 g/mol. The molecule has 0 amide bonds. The summed E-state index contributed by atoms with van der Waals surface area (Å²) in [6.07, 6.45) is 3.50. The fourth-order valence-electron chi connectivity index (χ4n) is 0.992. The molecule has 1 N–H and O–H groups in total. The van der Waals surface area contributed by atoms with E-state index in [0.29, 0.717) is 5.56 Å². The van der Waals surface area contributed by atoms with Crippen LogP contribution < -0.4 is 0 Å². The molecule has 0 saturated heterocycles. The molecule has 0 aliphatic carbocycles. The summed E-state index contributed by atoms with van der Waals surface area (Å²) in [5.74, 6) is -0.0677. The second-order valence-corrected chi connectivity index (χ2v) is 2.51. The van der Waals surface area contributed by atoms with E-state index in [9.17, 15) is 4.39 Å². The van der Waals surface area contributed by atoms with Crippen molar-refractivity contribution in [3.8, 4) is 0 Å². The molecule has 1 aromatic heterocycles. The summed E-state index contributed by atoms with van der Waals surface area (Å²) in [4.78, 5) is 2.90. The third-order valence-corrected chi connectivity index (χ3v) is 1.57. The van der Waals surface area contributed by atoms with E-state index in [0.717, 1.165) is 18.5 Å². The van der Waals surface area contributed by atoms with Crippen molar-refractivity contribution in [2.75, 3.05) is 0 Å². The Morgan fingerprint density at radius 2 is 2.30 bits per heavy atom. The lowest BCUT2D eigenvalue weighted by Crippen LogP contribution is -1.86. The van der Waals surface area contributed by atoms with E-state index in [-0.39, 0.29) is 5.82 Å². The summed E-state index contributed by atoms with van der Waals surface area (Å²) in [6.45, 7) is 3.81. The Morgan fingerprint density at radius 1 is 1.60 bits per heavy atom. The summed E-state index contributed by atoms with van der Waals surface area (Å²) in [5.41, 5.74) is 1.45. The highest BCUT2D eigenvalue weighted by molar-refractivity contribution is 5.17. The third kappa shape index (κ3) is 1.20. The first-order valence-corrected chi connectivity index (χ1v) is 3.58. The van der Waals surface area contributed by atoms with Gasteiger partial charge in [-0.2, -0.15) is 0 Å². The number of halogens is 1. The molecule has 0 aliphatic rings. The molecule has 1 heterocycles. The van der Waals surface area contributed by atoms with Crippen molar-refractivity contribution in [1.29, 1.82) is 0 Å². The molecule has 0 fully saturated rings. The Bertz CT molecular complexity index is 215. The molecule has 0 bridgehead atoms. The van der Waals surface area contributed by atoms with E-state index in [1.54, 1.807) is 13.1 Å². The first-order chi connectivity index (χ1) is 4.75. The normalized spacial score (nSPS) is 10.3. The van der Waals surface area contributed by atoms with Crippen LogP contribution in [0.5, 0.6) is 0 Å². The molecule has 10 heavy (non-hydrogen) atoms. The minimum absolute atomic E-state index is 0.0677. The Kier molecular flexibility index (Phi) is 2.10. The molecule has 0 unspecified atom stereocenters. The lowest BCUT2D eigenvalue weighted by atomic mass is 10.2. The summed E-state index contributed by atoms with van der Waals surface area (Å²) >= 11 is 0. The predicted molar refractivity (Wildman–Crippen MR) is 39.5 cm³/mol. The van der Waals surface area contributed by atoms with Crippen molar-refractivity contribution in [3.63, 3.8) is 0 Å². The zero-order valence-electron chi connectivity index (χ0n) is 6.37. The molecular weight excluding hydrogens is 129 g/mol. The number of nitrogens with one attached hydrogen (secondary N) is 1. The molecule has 0 aliphatic heterocycles. The molecule has 1 nitrogen and oxygen atoms in total. The van der Waals surface area contributed by atoms with Gasteiger partial charge in [-0.3, -0.25) is 0 Å². The fraction of sp³-hybridized carbons (Fsp3) is 0.500. The molecule has 0 spiro atoms. The summed E-state index contributed by atoms with van der Waals surface area (Å²) in [6, 6.07) is 0. The van der Waals surface area contributed by atoms with Gasteiger partial charge in [-0.1, -0.05) is 13.3 Å². The van der Waals surface area contributed by atoms with Crippen molar-refractivity contribution in [2.45, 2.75) is 26.7 Å². The van der Waals surface area contributed by atoms with Gasteiger partial charge in [0.1, 0.15) is 5.82 Å². The van der Waals surface area contributed by atoms with E-state index in [1.807, 2.05) is 6.92 Å². The van der Waals surface area contributed by atoms with Crippen LogP contribution in [0.3, 0.4) is 0 Å². The Morgan fingerprint density at radius 3 is 2.70 bits per heavy atom. The number of aryl methyl sites for hydroxylation is 2. The Labute approximate surface area is 60.3 Å². The van der Waals surface area contributed by atoms with Crippen LogP contribution in [-0.4, -0.2) is 4.98 Å². The highest BCUT2D eigenvalue weighted by Crippen LogP contribution is 2.11. The Hall–Kier alpha value is -0.790. The van der Waals surface area contributed by atoms with Crippen LogP contribution in [0.15, 0.2) is 6.20 Å². The van der Waals surface area contributed by atoms with Crippen molar-refractivity contribution < 1.29 is 4.39 Å². The van der Waals surface area contributed by atoms with Crippen molar-refractivity contribution in [3.05, 3.63) is 23.3 Å². The molecular formula is C8H12FN. The second kappa shape index (κ2) is 2.86. The average Bonchev–Trinajstić information content (AvgIpc) is 2.20. The highest BCUT2D eigenvalue weighted by atomic mass is 19.1. The van der Waals surface area contributed by atoms with Gasteiger partial charge in [0.05, 0.1) is 5.69 Å².